The second kappa shape index (κ2) is 9.75. The number of rotatable bonds is 8. The van der Waals surface area contributed by atoms with Crippen LogP contribution in [0, 0.1) is 0 Å². The third kappa shape index (κ3) is 4.83. The van der Waals surface area contributed by atoms with E-state index in [-0.39, 0.29) is 11.9 Å². The fourth-order valence-corrected chi connectivity index (χ4v) is 4.19. The van der Waals surface area contributed by atoms with Crippen LogP contribution in [0.1, 0.15) is 33.5 Å². The molecule has 3 heterocycles. The Balaban J connectivity index is 1.30. The van der Waals surface area contributed by atoms with Gasteiger partial charge in [0.2, 0.25) is 0 Å². The van der Waals surface area contributed by atoms with Crippen molar-refractivity contribution in [3.8, 4) is 5.75 Å². The molecule has 0 bridgehead atoms. The van der Waals surface area contributed by atoms with Crippen LogP contribution < -0.4 is 10.1 Å². The third-order valence-electron chi connectivity index (χ3n) is 5.76. The molecule has 1 aliphatic heterocycles. The summed E-state index contributed by atoms with van der Waals surface area (Å²) in [7, 11) is 0. The molecule has 0 saturated carbocycles. The van der Waals surface area contributed by atoms with Gasteiger partial charge < -0.3 is 19.0 Å². The van der Waals surface area contributed by atoms with Gasteiger partial charge in [-0.1, -0.05) is 48.5 Å². The lowest BCUT2D eigenvalue weighted by molar-refractivity contribution is 0.0942. The van der Waals surface area contributed by atoms with Gasteiger partial charge in [0.1, 0.15) is 23.9 Å². The van der Waals surface area contributed by atoms with Gasteiger partial charge in [-0.2, -0.15) is 0 Å². The molecule has 0 aliphatic carbocycles. The number of carbonyl (C=O) groups is 1. The van der Waals surface area contributed by atoms with Crippen LogP contribution in [0.25, 0.3) is 0 Å². The van der Waals surface area contributed by atoms with E-state index in [9.17, 15) is 4.79 Å². The molecule has 168 valence electrons. The van der Waals surface area contributed by atoms with Gasteiger partial charge in [-0.15, -0.1) is 0 Å². The molecule has 5 rings (SSSR count). The Morgan fingerprint density at radius 2 is 1.85 bits per heavy atom. The number of amides is 1. The minimum Gasteiger partial charge on any atom is -0.492 e. The van der Waals surface area contributed by atoms with E-state index in [4.69, 9.17) is 14.1 Å². The molecule has 0 saturated heterocycles. The number of furan rings is 1. The second-order valence-corrected chi connectivity index (χ2v) is 8.01. The number of benzene rings is 2. The average Bonchev–Trinajstić information content (AvgIpc) is 3.53. The average molecular weight is 443 g/mol. The standard InChI is InChI=1S/C26H26N4O3/c31-26(27-12-16-33-22-9-5-2-6-10-22)23-18-30-14-13-29(17-20-11-15-32-19-20)24(25(30)28-23)21-7-3-1-4-8-21/h1-11,15,18-19,24H,12-14,16-17H2,(H,27,31). The summed E-state index contributed by atoms with van der Waals surface area (Å²) in [5.41, 5.74) is 2.69. The van der Waals surface area contributed by atoms with E-state index < -0.39 is 0 Å². The van der Waals surface area contributed by atoms with E-state index in [0.29, 0.717) is 18.8 Å². The van der Waals surface area contributed by atoms with Gasteiger partial charge >= 0.3 is 0 Å². The lowest BCUT2D eigenvalue weighted by Gasteiger charge is -2.36. The molecule has 7 heteroatoms. The second-order valence-electron chi connectivity index (χ2n) is 8.01. The minimum absolute atomic E-state index is 0.0437. The number of carbonyl (C=O) groups excluding carboxylic acids is 1. The SMILES string of the molecule is O=C(NCCOc1ccccc1)c1cn2c(n1)C(c1ccccc1)N(Cc1ccoc1)CC2. The topological polar surface area (TPSA) is 72.5 Å². The maximum absolute atomic E-state index is 12.8. The molecule has 0 spiro atoms. The van der Waals surface area contributed by atoms with Gasteiger partial charge in [-0.3, -0.25) is 9.69 Å². The van der Waals surface area contributed by atoms with E-state index in [1.165, 1.54) is 0 Å². The summed E-state index contributed by atoms with van der Waals surface area (Å²) in [6.07, 6.45) is 5.33. The van der Waals surface area contributed by atoms with Crippen LogP contribution in [0.15, 0.2) is 89.9 Å². The summed E-state index contributed by atoms with van der Waals surface area (Å²) in [5.74, 6) is 1.47. The Hall–Kier alpha value is -3.84. The Morgan fingerprint density at radius 1 is 1.06 bits per heavy atom. The Labute approximate surface area is 192 Å². The minimum atomic E-state index is -0.193. The van der Waals surface area contributed by atoms with Gasteiger partial charge in [0.25, 0.3) is 5.91 Å². The zero-order valence-corrected chi connectivity index (χ0v) is 18.3. The van der Waals surface area contributed by atoms with Crippen LogP contribution in [-0.4, -0.2) is 40.1 Å². The Bertz CT molecular complexity index is 1170. The van der Waals surface area contributed by atoms with E-state index in [0.717, 1.165) is 42.3 Å². The van der Waals surface area contributed by atoms with Crippen molar-refractivity contribution >= 4 is 5.91 Å². The van der Waals surface area contributed by atoms with Crippen molar-refractivity contribution in [2.75, 3.05) is 19.7 Å². The molecule has 1 amide bonds. The van der Waals surface area contributed by atoms with Crippen LogP contribution >= 0.6 is 0 Å². The van der Waals surface area contributed by atoms with Gasteiger partial charge in [-0.05, 0) is 23.8 Å². The maximum atomic E-state index is 12.8. The highest BCUT2D eigenvalue weighted by Gasteiger charge is 2.32. The van der Waals surface area contributed by atoms with Gasteiger partial charge in [0, 0.05) is 31.4 Å². The fraction of sp³-hybridized carbons (Fsp3) is 0.231. The Kier molecular flexibility index (Phi) is 6.21. The zero-order valence-electron chi connectivity index (χ0n) is 18.3. The molecule has 0 fully saturated rings. The number of hydrogen-bond acceptors (Lipinski definition) is 5. The van der Waals surface area contributed by atoms with Crippen molar-refractivity contribution in [3.63, 3.8) is 0 Å². The molecule has 1 N–H and O–H groups in total. The molecular weight excluding hydrogens is 416 g/mol. The molecule has 1 aliphatic rings. The smallest absolute Gasteiger partial charge is 0.271 e. The molecule has 2 aromatic carbocycles. The first-order chi connectivity index (χ1) is 16.3. The highest BCUT2D eigenvalue weighted by molar-refractivity contribution is 5.92. The highest BCUT2D eigenvalue weighted by atomic mass is 16.5. The first-order valence-electron chi connectivity index (χ1n) is 11.1. The highest BCUT2D eigenvalue weighted by Crippen LogP contribution is 2.32. The fourth-order valence-electron chi connectivity index (χ4n) is 4.19. The number of nitrogens with zero attached hydrogens (tertiary/aromatic N) is 3. The van der Waals surface area contributed by atoms with Crippen molar-refractivity contribution in [2.45, 2.75) is 19.1 Å². The first kappa shape index (κ1) is 21.0. The van der Waals surface area contributed by atoms with Crippen LogP contribution in [0.3, 0.4) is 0 Å². The summed E-state index contributed by atoms with van der Waals surface area (Å²) in [4.78, 5) is 19.9. The molecule has 0 radical (unpaired) electrons. The molecule has 7 nitrogen and oxygen atoms in total. The summed E-state index contributed by atoms with van der Waals surface area (Å²) in [6.45, 7) is 3.17. The third-order valence-corrected chi connectivity index (χ3v) is 5.76. The van der Waals surface area contributed by atoms with E-state index in [2.05, 4.69) is 26.9 Å². The van der Waals surface area contributed by atoms with Crippen LogP contribution in [0.5, 0.6) is 5.75 Å². The molecule has 2 aromatic heterocycles. The molecule has 33 heavy (non-hydrogen) atoms. The van der Waals surface area contributed by atoms with Crippen LogP contribution in [0.4, 0.5) is 0 Å². The van der Waals surface area contributed by atoms with Crippen molar-refractivity contribution in [1.29, 1.82) is 0 Å². The van der Waals surface area contributed by atoms with Crippen molar-refractivity contribution < 1.29 is 13.9 Å². The number of para-hydroxylation sites is 1. The number of fused-ring (bicyclic) bond motifs is 1. The summed E-state index contributed by atoms with van der Waals surface area (Å²) in [6, 6.07) is 21.8. The molecular formula is C26H26N4O3. The summed E-state index contributed by atoms with van der Waals surface area (Å²) >= 11 is 0. The van der Waals surface area contributed by atoms with Crippen LogP contribution in [-0.2, 0) is 13.1 Å². The lowest BCUT2D eigenvalue weighted by Crippen LogP contribution is -2.38. The normalized spacial score (nSPS) is 15.7. The van der Waals surface area contributed by atoms with Crippen molar-refractivity contribution in [3.05, 3.63) is 108 Å². The number of imidazole rings is 1. The lowest BCUT2D eigenvalue weighted by atomic mass is 10.0. The zero-order chi connectivity index (χ0) is 22.5. The summed E-state index contributed by atoms with van der Waals surface area (Å²) < 4.78 is 13.0. The van der Waals surface area contributed by atoms with Gasteiger partial charge in [-0.25, -0.2) is 4.98 Å². The predicted octanol–water partition coefficient (Wildman–Crippen LogP) is 3.89. The van der Waals surface area contributed by atoms with Crippen molar-refractivity contribution in [2.24, 2.45) is 0 Å². The molecule has 1 atom stereocenters. The molecule has 4 aromatic rings. The quantitative estimate of drug-likeness (QED) is 0.419. The maximum Gasteiger partial charge on any atom is 0.271 e. The number of nitrogens with one attached hydrogen (secondary N) is 1. The van der Waals surface area contributed by atoms with Crippen molar-refractivity contribution in [1.82, 2.24) is 19.8 Å². The predicted molar refractivity (Wildman–Crippen MR) is 124 cm³/mol. The van der Waals surface area contributed by atoms with E-state index in [1.54, 1.807) is 12.5 Å². The first-order valence-corrected chi connectivity index (χ1v) is 11.1. The summed E-state index contributed by atoms with van der Waals surface area (Å²) in [5, 5.41) is 2.91. The van der Waals surface area contributed by atoms with Crippen LogP contribution in [0.2, 0.25) is 0 Å². The number of aromatic nitrogens is 2. The molecule has 1 unspecified atom stereocenters. The van der Waals surface area contributed by atoms with E-state index >= 15 is 0 Å². The van der Waals surface area contributed by atoms with Gasteiger partial charge in [0.05, 0.1) is 25.1 Å². The number of hydrogen-bond donors (Lipinski definition) is 1. The largest absolute Gasteiger partial charge is 0.492 e. The van der Waals surface area contributed by atoms with Gasteiger partial charge in [0.15, 0.2) is 0 Å². The van der Waals surface area contributed by atoms with E-state index in [1.807, 2.05) is 60.8 Å². The number of ether oxygens (including phenoxy) is 1. The Morgan fingerprint density at radius 3 is 2.61 bits per heavy atom. The monoisotopic (exact) mass is 442 g/mol.